The molecule has 0 spiro atoms. The molecule has 0 radical (unpaired) electrons. The van der Waals surface area contributed by atoms with Gasteiger partial charge in [-0.15, -0.1) is 11.3 Å². The van der Waals surface area contributed by atoms with Crippen molar-refractivity contribution in [2.45, 2.75) is 33.2 Å². The van der Waals surface area contributed by atoms with E-state index in [1.165, 1.54) is 10.5 Å². The number of amides is 1. The Hall–Kier alpha value is -2.51. The molecule has 28 heavy (non-hydrogen) atoms. The Labute approximate surface area is 167 Å². The fourth-order valence-corrected chi connectivity index (χ4v) is 5.17. The lowest BCUT2D eigenvalue weighted by atomic mass is 9.97. The van der Waals surface area contributed by atoms with E-state index < -0.39 is 0 Å². The van der Waals surface area contributed by atoms with Crippen LogP contribution in [0, 0.1) is 19.8 Å². The Morgan fingerprint density at radius 3 is 2.79 bits per heavy atom. The fraction of sp³-hybridized carbons (Fsp3) is 0.381. The largest absolute Gasteiger partial charge is 0.369 e. The summed E-state index contributed by atoms with van der Waals surface area (Å²) in [6, 6.07) is 8.23. The number of aromatic nitrogens is 2. The molecule has 2 aromatic heterocycles. The number of rotatable bonds is 4. The van der Waals surface area contributed by atoms with Crippen LogP contribution in [0.2, 0.25) is 0 Å². The predicted molar refractivity (Wildman–Crippen MR) is 111 cm³/mol. The number of H-pyrrole nitrogens is 1. The molecule has 3 aromatic rings. The monoisotopic (exact) mass is 397 g/mol. The van der Waals surface area contributed by atoms with Crippen molar-refractivity contribution in [3.63, 3.8) is 0 Å². The lowest BCUT2D eigenvalue weighted by molar-refractivity contribution is -0.921. The van der Waals surface area contributed by atoms with E-state index in [4.69, 9.17) is 10.7 Å². The smallest absolute Gasteiger partial charge is 0.260 e. The van der Waals surface area contributed by atoms with Crippen molar-refractivity contribution in [1.29, 1.82) is 0 Å². The number of aryl methyl sites for hydroxylation is 2. The third kappa shape index (κ3) is 3.59. The molecule has 0 aliphatic carbocycles. The van der Waals surface area contributed by atoms with Crippen molar-refractivity contribution in [3.05, 3.63) is 50.9 Å². The zero-order valence-corrected chi connectivity index (χ0v) is 17.0. The first-order chi connectivity index (χ1) is 13.4. The lowest BCUT2D eigenvalue weighted by Crippen LogP contribution is -3.12. The lowest BCUT2D eigenvalue weighted by Gasteiger charge is -2.27. The van der Waals surface area contributed by atoms with Crippen molar-refractivity contribution in [3.8, 4) is 11.1 Å². The SMILES string of the molecule is Cc1ccc(-c2c(C)sc3nc(C[NH+]4CCC[C@@H](C(N)=O)C4)[nH]c(=O)c23)cc1. The van der Waals surface area contributed by atoms with Crippen molar-refractivity contribution >= 4 is 27.5 Å². The van der Waals surface area contributed by atoms with Crippen molar-refractivity contribution < 1.29 is 9.69 Å². The Morgan fingerprint density at radius 2 is 2.07 bits per heavy atom. The summed E-state index contributed by atoms with van der Waals surface area (Å²) in [5.74, 6) is 0.358. The normalized spacial score (nSPS) is 19.8. The van der Waals surface area contributed by atoms with Gasteiger partial charge in [-0.1, -0.05) is 29.8 Å². The van der Waals surface area contributed by atoms with Crippen LogP contribution >= 0.6 is 11.3 Å². The second-order valence-corrected chi connectivity index (χ2v) is 8.92. The Kier molecular flexibility index (Phi) is 5.03. The summed E-state index contributed by atoms with van der Waals surface area (Å²) >= 11 is 1.56. The number of likely N-dealkylation sites (tertiary alicyclic amines) is 1. The van der Waals surface area contributed by atoms with Gasteiger partial charge in [-0.25, -0.2) is 4.98 Å². The molecule has 1 saturated heterocycles. The number of piperidine rings is 1. The number of aromatic amines is 1. The van der Waals surface area contributed by atoms with Crippen LogP contribution in [-0.4, -0.2) is 29.0 Å². The Bertz CT molecular complexity index is 1080. The first-order valence-corrected chi connectivity index (χ1v) is 10.5. The maximum absolute atomic E-state index is 12.9. The summed E-state index contributed by atoms with van der Waals surface area (Å²) in [5, 5.41) is 0.666. The minimum atomic E-state index is -0.231. The van der Waals surface area contributed by atoms with E-state index in [1.54, 1.807) is 11.3 Å². The number of hydrogen-bond donors (Lipinski definition) is 3. The van der Waals surface area contributed by atoms with Crippen LogP contribution < -0.4 is 16.2 Å². The van der Waals surface area contributed by atoms with Crippen molar-refractivity contribution in [2.24, 2.45) is 11.7 Å². The van der Waals surface area contributed by atoms with Crippen LogP contribution in [0.1, 0.15) is 29.1 Å². The molecule has 4 rings (SSSR count). The molecule has 4 N–H and O–H groups in total. The third-order valence-electron chi connectivity index (χ3n) is 5.57. The van der Waals surface area contributed by atoms with Gasteiger partial charge in [0.05, 0.1) is 24.4 Å². The number of benzene rings is 1. The van der Waals surface area contributed by atoms with Gasteiger partial charge in [-0.3, -0.25) is 9.59 Å². The minimum Gasteiger partial charge on any atom is -0.369 e. The average Bonchev–Trinajstić information content (AvgIpc) is 2.99. The molecule has 1 unspecified atom stereocenters. The van der Waals surface area contributed by atoms with Gasteiger partial charge in [0.15, 0.2) is 5.82 Å². The second kappa shape index (κ2) is 7.48. The molecule has 2 atom stereocenters. The van der Waals surface area contributed by atoms with Crippen molar-refractivity contribution in [2.75, 3.05) is 13.1 Å². The molecule has 146 valence electrons. The van der Waals surface area contributed by atoms with Crippen LogP contribution in [0.3, 0.4) is 0 Å². The van der Waals surface area contributed by atoms with E-state index in [0.717, 1.165) is 40.2 Å². The van der Waals surface area contributed by atoms with Crippen molar-refractivity contribution in [1.82, 2.24) is 9.97 Å². The van der Waals surface area contributed by atoms with Crippen LogP contribution in [0.5, 0.6) is 0 Å². The summed E-state index contributed by atoms with van der Waals surface area (Å²) in [5.41, 5.74) is 8.59. The van der Waals surface area contributed by atoms with Gasteiger partial charge in [0.1, 0.15) is 11.4 Å². The number of primary amides is 1. The summed E-state index contributed by atoms with van der Waals surface area (Å²) < 4.78 is 0. The van der Waals surface area contributed by atoms with E-state index >= 15 is 0 Å². The van der Waals surface area contributed by atoms with Gasteiger partial charge < -0.3 is 15.6 Å². The quantitative estimate of drug-likeness (QED) is 0.624. The highest BCUT2D eigenvalue weighted by Gasteiger charge is 2.28. The fourth-order valence-electron chi connectivity index (χ4n) is 4.11. The topological polar surface area (TPSA) is 93.3 Å². The standard InChI is InChI=1S/C21H24N4O2S/c1-12-5-7-14(8-6-12)17-13(2)28-21-18(17)20(27)23-16(24-21)11-25-9-3-4-15(10-25)19(22)26/h5-8,15H,3-4,9-11H2,1-2H3,(H2,22,26)(H,23,24,27)/p+1/t15-/m1/s1. The van der Waals surface area contributed by atoms with E-state index in [9.17, 15) is 9.59 Å². The number of hydrogen-bond acceptors (Lipinski definition) is 4. The summed E-state index contributed by atoms with van der Waals surface area (Å²) in [4.78, 5) is 35.3. The zero-order chi connectivity index (χ0) is 19.8. The maximum atomic E-state index is 12.9. The van der Waals surface area contributed by atoms with Gasteiger partial charge in [0.2, 0.25) is 5.91 Å². The predicted octanol–water partition coefficient (Wildman–Crippen LogP) is 1.55. The number of nitrogens with one attached hydrogen (secondary N) is 2. The Morgan fingerprint density at radius 1 is 1.32 bits per heavy atom. The summed E-state index contributed by atoms with van der Waals surface area (Å²) in [7, 11) is 0. The number of carbonyl (C=O) groups is 1. The van der Waals surface area contributed by atoms with E-state index in [1.807, 2.05) is 6.92 Å². The number of carbonyl (C=O) groups excluding carboxylic acids is 1. The van der Waals surface area contributed by atoms with Crippen LogP contribution in [0.4, 0.5) is 0 Å². The molecule has 7 heteroatoms. The number of nitrogens with zero attached hydrogens (tertiary/aromatic N) is 1. The summed E-state index contributed by atoms with van der Waals surface area (Å²) in [6.45, 7) is 6.35. The molecule has 0 saturated carbocycles. The van der Waals surface area contributed by atoms with Crippen LogP contribution in [0.15, 0.2) is 29.1 Å². The molecule has 1 aliphatic rings. The highest BCUT2D eigenvalue weighted by Crippen LogP contribution is 2.35. The molecular formula is C21H25N4O2S+. The molecular weight excluding hydrogens is 372 g/mol. The number of quaternary nitrogens is 1. The molecule has 0 bridgehead atoms. The maximum Gasteiger partial charge on any atom is 0.260 e. The van der Waals surface area contributed by atoms with E-state index in [2.05, 4.69) is 36.2 Å². The summed E-state index contributed by atoms with van der Waals surface area (Å²) in [6.07, 6.45) is 1.82. The van der Waals surface area contributed by atoms with E-state index in [0.29, 0.717) is 24.3 Å². The minimum absolute atomic E-state index is 0.0867. The van der Waals surface area contributed by atoms with Gasteiger partial charge >= 0.3 is 0 Å². The van der Waals surface area contributed by atoms with Gasteiger partial charge in [-0.05, 0) is 32.3 Å². The zero-order valence-electron chi connectivity index (χ0n) is 16.2. The highest BCUT2D eigenvalue weighted by atomic mass is 32.1. The third-order valence-corrected chi connectivity index (χ3v) is 6.56. The molecule has 1 amide bonds. The molecule has 1 fully saturated rings. The Balaban J connectivity index is 1.67. The molecule has 6 nitrogen and oxygen atoms in total. The molecule has 1 aromatic carbocycles. The molecule has 3 heterocycles. The first kappa shape index (κ1) is 18.8. The van der Waals surface area contributed by atoms with Gasteiger partial charge in [-0.2, -0.15) is 0 Å². The second-order valence-electron chi connectivity index (χ2n) is 7.71. The number of thiophene rings is 1. The molecule has 1 aliphatic heterocycles. The average molecular weight is 398 g/mol. The van der Waals surface area contributed by atoms with Crippen LogP contribution in [0.25, 0.3) is 21.3 Å². The first-order valence-electron chi connectivity index (χ1n) is 9.64. The van der Waals surface area contributed by atoms with E-state index in [-0.39, 0.29) is 17.4 Å². The van der Waals surface area contributed by atoms with Gasteiger partial charge in [0.25, 0.3) is 5.56 Å². The van der Waals surface area contributed by atoms with Gasteiger partial charge in [0, 0.05) is 10.4 Å². The van der Waals surface area contributed by atoms with Crippen LogP contribution in [-0.2, 0) is 11.3 Å². The highest BCUT2D eigenvalue weighted by molar-refractivity contribution is 7.19. The number of fused-ring (bicyclic) bond motifs is 1. The number of nitrogens with two attached hydrogens (primary N) is 1.